The van der Waals surface area contributed by atoms with Gasteiger partial charge in [0.1, 0.15) is 11.6 Å². The van der Waals surface area contributed by atoms with Gasteiger partial charge in [-0.1, -0.05) is 48.5 Å². The van der Waals surface area contributed by atoms with Crippen molar-refractivity contribution in [1.82, 2.24) is 14.8 Å². The zero-order valence-corrected chi connectivity index (χ0v) is 28.4. The van der Waals surface area contributed by atoms with E-state index in [1.165, 1.54) is 12.8 Å². The second-order valence-corrected chi connectivity index (χ2v) is 15.9. The molecule has 9 heteroatoms. The predicted molar refractivity (Wildman–Crippen MR) is 172 cm³/mol. The van der Waals surface area contributed by atoms with E-state index in [0.29, 0.717) is 43.2 Å². The maximum Gasteiger partial charge on any atom is 0.322 e. The molecule has 0 unspecified atom stereocenters. The van der Waals surface area contributed by atoms with E-state index in [0.717, 1.165) is 29.6 Å². The molecule has 244 valence electrons. The van der Waals surface area contributed by atoms with Gasteiger partial charge < -0.3 is 24.7 Å². The number of rotatable bonds is 8. The molecule has 2 aliphatic rings. The number of nitrogens with zero attached hydrogens (tertiary/aromatic N) is 3. The number of piperazine rings is 1. The second-order valence-electron chi connectivity index (χ2n) is 15.9. The molecule has 2 amide bonds. The van der Waals surface area contributed by atoms with E-state index in [4.69, 9.17) is 19.9 Å². The smallest absolute Gasteiger partial charge is 0.322 e. The van der Waals surface area contributed by atoms with Gasteiger partial charge >= 0.3 is 5.97 Å². The molecule has 1 atom stereocenters. The van der Waals surface area contributed by atoms with Crippen molar-refractivity contribution in [2.75, 3.05) is 26.2 Å². The molecule has 9 nitrogen and oxygen atoms in total. The molecule has 0 aromatic carbocycles. The van der Waals surface area contributed by atoms with Crippen molar-refractivity contribution < 1.29 is 23.5 Å². The molecular weight excluding hydrogens is 556 g/mol. The maximum absolute atomic E-state index is 13.9. The Hall–Kier alpha value is -2.94. The first kappa shape index (κ1) is 33.9. The summed E-state index contributed by atoms with van der Waals surface area (Å²) in [6.07, 6.45) is 4.96. The number of aromatic nitrogens is 1. The molecule has 0 spiro atoms. The van der Waals surface area contributed by atoms with Crippen molar-refractivity contribution in [1.29, 1.82) is 0 Å². The van der Waals surface area contributed by atoms with Gasteiger partial charge in [-0.2, -0.15) is 0 Å². The molecule has 1 aliphatic heterocycles. The summed E-state index contributed by atoms with van der Waals surface area (Å²) in [6, 6.07) is 3.17. The average Bonchev–Trinajstić information content (AvgIpc) is 3.36. The van der Waals surface area contributed by atoms with Crippen LogP contribution in [0.5, 0.6) is 0 Å². The molecule has 1 aliphatic carbocycles. The lowest BCUT2D eigenvalue weighted by atomic mass is 9.72. The number of fused-ring (bicyclic) bond motifs is 1. The van der Waals surface area contributed by atoms with Crippen molar-refractivity contribution in [2.24, 2.45) is 17.1 Å². The molecule has 2 fully saturated rings. The van der Waals surface area contributed by atoms with Crippen LogP contribution in [-0.4, -0.2) is 70.4 Å². The van der Waals surface area contributed by atoms with Gasteiger partial charge in [-0.15, -0.1) is 0 Å². The number of furan rings is 1. The van der Waals surface area contributed by atoms with Crippen LogP contribution in [0.15, 0.2) is 16.5 Å². The van der Waals surface area contributed by atoms with E-state index in [1.54, 1.807) is 15.9 Å². The van der Waals surface area contributed by atoms with Crippen LogP contribution in [0.4, 0.5) is 0 Å². The van der Waals surface area contributed by atoms with Crippen LogP contribution >= 0.6 is 0 Å². The zero-order chi connectivity index (χ0) is 32.6. The van der Waals surface area contributed by atoms with Crippen LogP contribution in [0.2, 0.25) is 0 Å². The van der Waals surface area contributed by atoms with Crippen LogP contribution in [-0.2, 0) is 19.7 Å². The number of hydrogen-bond acceptors (Lipinski definition) is 7. The number of ether oxygens (including phenoxy) is 1. The van der Waals surface area contributed by atoms with E-state index in [1.807, 2.05) is 27.7 Å². The highest BCUT2D eigenvalue weighted by Crippen LogP contribution is 2.43. The van der Waals surface area contributed by atoms with Gasteiger partial charge in [0.25, 0.3) is 5.91 Å². The summed E-state index contributed by atoms with van der Waals surface area (Å²) < 4.78 is 11.5. The summed E-state index contributed by atoms with van der Waals surface area (Å²) in [5, 5.41) is 0. The number of pyridine rings is 1. The van der Waals surface area contributed by atoms with Crippen LogP contribution < -0.4 is 5.73 Å². The molecule has 2 aromatic heterocycles. The predicted octanol–water partition coefficient (Wildman–Crippen LogP) is 6.18. The molecule has 4 rings (SSSR count). The Morgan fingerprint density at radius 2 is 1.75 bits per heavy atom. The van der Waals surface area contributed by atoms with E-state index < -0.39 is 17.6 Å². The lowest BCUT2D eigenvalue weighted by Gasteiger charge is -2.46. The first-order valence-electron chi connectivity index (χ1n) is 16.3. The number of carbonyl (C=O) groups is 3. The van der Waals surface area contributed by atoms with Crippen molar-refractivity contribution in [2.45, 2.75) is 124 Å². The minimum Gasteiger partial charge on any atom is -0.464 e. The third-order valence-electron chi connectivity index (χ3n) is 9.31. The maximum atomic E-state index is 13.9. The molecule has 2 N–H and O–H groups in total. The highest BCUT2D eigenvalue weighted by atomic mass is 16.5. The van der Waals surface area contributed by atoms with Crippen LogP contribution in [0.25, 0.3) is 11.1 Å². The Morgan fingerprint density at radius 3 is 2.34 bits per heavy atom. The molecular formula is C35H54N4O5. The van der Waals surface area contributed by atoms with Crippen molar-refractivity contribution in [3.63, 3.8) is 0 Å². The Balaban J connectivity index is 1.47. The Morgan fingerprint density at radius 1 is 1.09 bits per heavy atom. The average molecular weight is 611 g/mol. The summed E-state index contributed by atoms with van der Waals surface area (Å²) >= 11 is 0. The van der Waals surface area contributed by atoms with E-state index in [2.05, 4.69) is 40.7 Å². The van der Waals surface area contributed by atoms with Gasteiger partial charge in [-0.05, 0) is 68.8 Å². The zero-order valence-electron chi connectivity index (χ0n) is 28.4. The highest BCUT2D eigenvalue weighted by Gasteiger charge is 2.40. The third-order valence-corrected chi connectivity index (χ3v) is 9.31. The Bertz CT molecular complexity index is 1360. The fourth-order valence-electron chi connectivity index (χ4n) is 6.40. The summed E-state index contributed by atoms with van der Waals surface area (Å²) in [4.78, 5) is 47.7. The fourth-order valence-corrected chi connectivity index (χ4v) is 6.40. The van der Waals surface area contributed by atoms with Gasteiger partial charge in [0.05, 0.1) is 12.1 Å². The quantitative estimate of drug-likeness (QED) is 0.355. The highest BCUT2D eigenvalue weighted by molar-refractivity contribution is 5.96. The van der Waals surface area contributed by atoms with Crippen molar-refractivity contribution >= 4 is 28.9 Å². The Labute approximate surface area is 263 Å². The lowest BCUT2D eigenvalue weighted by Crippen LogP contribution is -2.62. The van der Waals surface area contributed by atoms with Crippen LogP contribution in [0, 0.1) is 11.3 Å². The number of esters is 1. The van der Waals surface area contributed by atoms with E-state index >= 15 is 0 Å². The molecule has 0 radical (unpaired) electrons. The molecule has 1 saturated heterocycles. The number of amides is 2. The van der Waals surface area contributed by atoms with Gasteiger partial charge in [0.2, 0.25) is 5.91 Å². The SMILES string of the molecule is CC(C)COC(=O)[C@@H](N)CCC(=O)N1CCN(C(=O)c2cc3nc(C4CCC(C)(C)CC4)cc(C(C)(C)C)c3o2)C(C)(C)C1. The molecule has 1 saturated carbocycles. The van der Waals surface area contributed by atoms with Crippen molar-refractivity contribution in [3.05, 3.63) is 29.2 Å². The topological polar surface area (TPSA) is 119 Å². The van der Waals surface area contributed by atoms with Gasteiger partial charge in [0, 0.05) is 49.3 Å². The monoisotopic (exact) mass is 610 g/mol. The Kier molecular flexibility index (Phi) is 9.89. The van der Waals surface area contributed by atoms with Crippen LogP contribution in [0.3, 0.4) is 0 Å². The second kappa shape index (κ2) is 12.8. The van der Waals surface area contributed by atoms with E-state index in [-0.39, 0.29) is 41.7 Å². The van der Waals surface area contributed by atoms with Gasteiger partial charge in [0.15, 0.2) is 11.3 Å². The summed E-state index contributed by atoms with van der Waals surface area (Å²) in [7, 11) is 0. The molecule has 3 heterocycles. The first-order valence-corrected chi connectivity index (χ1v) is 16.3. The third kappa shape index (κ3) is 7.82. The molecule has 2 aromatic rings. The van der Waals surface area contributed by atoms with Crippen LogP contribution in [0.1, 0.15) is 129 Å². The summed E-state index contributed by atoms with van der Waals surface area (Å²) in [6.45, 7) is 20.5. The minimum atomic E-state index is -0.835. The van der Waals surface area contributed by atoms with E-state index in [9.17, 15) is 14.4 Å². The van der Waals surface area contributed by atoms with Gasteiger partial charge in [-0.25, -0.2) is 4.98 Å². The number of nitrogens with two attached hydrogens (primary N) is 1. The minimum absolute atomic E-state index is 0.0846. The molecule has 44 heavy (non-hydrogen) atoms. The van der Waals surface area contributed by atoms with Crippen molar-refractivity contribution in [3.8, 4) is 0 Å². The molecule has 0 bridgehead atoms. The largest absolute Gasteiger partial charge is 0.464 e. The fraction of sp³-hybridized carbons (Fsp3) is 0.714. The van der Waals surface area contributed by atoms with Gasteiger partial charge in [-0.3, -0.25) is 14.4 Å². The lowest BCUT2D eigenvalue weighted by molar-refractivity contribution is -0.146. The summed E-state index contributed by atoms with van der Waals surface area (Å²) in [5.74, 6) is 0.143. The standard InChI is InChI=1S/C35H54N4O5/c1-22(2)20-43-32(42)25(36)10-11-29(40)38-16-17-39(35(8,9)21-38)31(41)28-19-27-30(44-28)24(33(3,4)5)18-26(37-27)23-12-14-34(6,7)15-13-23/h18-19,22-23,25H,10-17,20-21,36H2,1-9H3/t25-/m0/s1. The normalized spacial score (nSPS) is 19.8. The number of carbonyl (C=O) groups excluding carboxylic acids is 3. The summed E-state index contributed by atoms with van der Waals surface area (Å²) in [5.41, 5.74) is 9.13. The first-order chi connectivity index (χ1) is 20.4. The number of hydrogen-bond donors (Lipinski definition) is 1.